The van der Waals surface area contributed by atoms with Crippen molar-refractivity contribution in [2.24, 2.45) is 0 Å². The van der Waals surface area contributed by atoms with Crippen LogP contribution in [0.15, 0.2) is 48.5 Å². The Morgan fingerprint density at radius 3 is 2.65 bits per heavy atom. The van der Waals surface area contributed by atoms with Gasteiger partial charge in [0.1, 0.15) is 11.6 Å². The van der Waals surface area contributed by atoms with Crippen LogP contribution < -0.4 is 4.74 Å². The molecule has 1 aromatic heterocycles. The molecule has 0 aliphatic rings. The van der Waals surface area contributed by atoms with E-state index in [0.29, 0.717) is 19.6 Å². The molecule has 0 fully saturated rings. The van der Waals surface area contributed by atoms with Crippen molar-refractivity contribution >= 4 is 11.0 Å². The second-order valence-corrected chi connectivity index (χ2v) is 5.33. The first-order chi connectivity index (χ1) is 11.3. The lowest BCUT2D eigenvalue weighted by atomic mass is 10.1. The van der Waals surface area contributed by atoms with Gasteiger partial charge in [-0.1, -0.05) is 24.3 Å². The van der Waals surface area contributed by atoms with Crippen LogP contribution in [-0.2, 0) is 13.0 Å². The molecule has 4 nitrogen and oxygen atoms in total. The van der Waals surface area contributed by atoms with Gasteiger partial charge in [0.15, 0.2) is 0 Å². The average molecular weight is 305 g/mol. The number of hydrogen-bond donors (Lipinski definition) is 0. The maximum atomic E-state index is 8.90. The highest BCUT2D eigenvalue weighted by molar-refractivity contribution is 5.76. The highest BCUT2D eigenvalue weighted by Gasteiger charge is 2.10. The van der Waals surface area contributed by atoms with Crippen LogP contribution in [-0.4, -0.2) is 16.2 Å². The molecule has 0 atom stereocenters. The van der Waals surface area contributed by atoms with E-state index in [-0.39, 0.29) is 0 Å². The lowest BCUT2D eigenvalue weighted by molar-refractivity contribution is 0.340. The average Bonchev–Trinajstić information content (AvgIpc) is 2.92. The third-order valence-electron chi connectivity index (χ3n) is 3.78. The van der Waals surface area contributed by atoms with Gasteiger partial charge in [-0.15, -0.1) is 0 Å². The Morgan fingerprint density at radius 1 is 1.13 bits per heavy atom. The summed E-state index contributed by atoms with van der Waals surface area (Å²) in [5.41, 5.74) is 3.25. The zero-order valence-electron chi connectivity index (χ0n) is 13.2. The quantitative estimate of drug-likeness (QED) is 0.693. The van der Waals surface area contributed by atoms with Crippen molar-refractivity contribution in [2.45, 2.75) is 26.3 Å². The number of para-hydroxylation sites is 2. The summed E-state index contributed by atoms with van der Waals surface area (Å²) in [6.07, 6.45) is 1.23. The maximum Gasteiger partial charge on any atom is 0.119 e. The number of ether oxygens (including phenoxy) is 1. The summed E-state index contributed by atoms with van der Waals surface area (Å²) in [7, 11) is 0. The summed E-state index contributed by atoms with van der Waals surface area (Å²) in [5, 5.41) is 8.90. The molecule has 2 aromatic carbocycles. The maximum absolute atomic E-state index is 8.90. The third kappa shape index (κ3) is 3.35. The zero-order chi connectivity index (χ0) is 16.1. The van der Waals surface area contributed by atoms with E-state index in [4.69, 9.17) is 15.0 Å². The SMILES string of the molecule is CCOc1ccc(Cc2nc3ccccc3n2CCC#N)cc1. The smallest absolute Gasteiger partial charge is 0.119 e. The van der Waals surface area contributed by atoms with Gasteiger partial charge in [0.05, 0.1) is 30.1 Å². The van der Waals surface area contributed by atoms with Gasteiger partial charge in [-0.2, -0.15) is 5.26 Å². The fourth-order valence-corrected chi connectivity index (χ4v) is 2.72. The largest absolute Gasteiger partial charge is 0.494 e. The first-order valence-electron chi connectivity index (χ1n) is 7.84. The molecule has 0 bridgehead atoms. The molecular weight excluding hydrogens is 286 g/mol. The number of aromatic nitrogens is 2. The lowest BCUT2D eigenvalue weighted by Gasteiger charge is -2.08. The third-order valence-corrected chi connectivity index (χ3v) is 3.78. The van der Waals surface area contributed by atoms with E-state index < -0.39 is 0 Å². The molecule has 3 aromatic rings. The van der Waals surface area contributed by atoms with Crippen LogP contribution in [0, 0.1) is 11.3 Å². The summed E-state index contributed by atoms with van der Waals surface area (Å²) >= 11 is 0. The highest BCUT2D eigenvalue weighted by atomic mass is 16.5. The monoisotopic (exact) mass is 305 g/mol. The van der Waals surface area contributed by atoms with Crippen molar-refractivity contribution in [1.82, 2.24) is 9.55 Å². The van der Waals surface area contributed by atoms with E-state index in [1.165, 1.54) is 5.56 Å². The number of hydrogen-bond acceptors (Lipinski definition) is 3. The van der Waals surface area contributed by atoms with Crippen LogP contribution in [0.4, 0.5) is 0 Å². The fraction of sp³-hybridized carbons (Fsp3) is 0.263. The van der Waals surface area contributed by atoms with Crippen molar-refractivity contribution < 1.29 is 4.74 Å². The molecule has 116 valence electrons. The molecular formula is C19H19N3O. The van der Waals surface area contributed by atoms with Crippen molar-refractivity contribution in [3.63, 3.8) is 0 Å². The van der Waals surface area contributed by atoms with Crippen LogP contribution in [0.3, 0.4) is 0 Å². The molecule has 1 heterocycles. The molecule has 4 heteroatoms. The Hall–Kier alpha value is -2.80. The molecule has 0 spiro atoms. The Balaban J connectivity index is 1.90. The van der Waals surface area contributed by atoms with E-state index in [2.05, 4.69) is 28.8 Å². The first-order valence-corrected chi connectivity index (χ1v) is 7.84. The van der Waals surface area contributed by atoms with E-state index in [9.17, 15) is 0 Å². The number of fused-ring (bicyclic) bond motifs is 1. The zero-order valence-corrected chi connectivity index (χ0v) is 13.2. The Bertz CT molecular complexity index is 828. The molecule has 0 saturated heterocycles. The predicted molar refractivity (Wildman–Crippen MR) is 90.4 cm³/mol. The van der Waals surface area contributed by atoms with Crippen molar-refractivity contribution in [3.05, 3.63) is 59.9 Å². The second-order valence-electron chi connectivity index (χ2n) is 5.33. The number of imidazole rings is 1. The number of nitrogens with zero attached hydrogens (tertiary/aromatic N) is 3. The number of aryl methyl sites for hydroxylation is 1. The Kier molecular flexibility index (Phi) is 4.58. The van der Waals surface area contributed by atoms with Crippen molar-refractivity contribution in [1.29, 1.82) is 5.26 Å². The van der Waals surface area contributed by atoms with Gasteiger partial charge in [-0.25, -0.2) is 4.98 Å². The van der Waals surface area contributed by atoms with Crippen LogP contribution in [0.25, 0.3) is 11.0 Å². The van der Waals surface area contributed by atoms with E-state index in [1.807, 2.05) is 37.3 Å². The lowest BCUT2D eigenvalue weighted by Crippen LogP contribution is -2.04. The molecule has 23 heavy (non-hydrogen) atoms. The summed E-state index contributed by atoms with van der Waals surface area (Å²) in [6, 6.07) is 18.4. The standard InChI is InChI=1S/C19H19N3O/c1-2-23-16-10-8-15(9-11-16)14-19-21-17-6-3-4-7-18(17)22(19)13-5-12-20/h3-4,6-11H,2,5,13-14H2,1H3. The molecule has 0 N–H and O–H groups in total. The van der Waals surface area contributed by atoms with Gasteiger partial charge in [0.25, 0.3) is 0 Å². The van der Waals surface area contributed by atoms with Crippen LogP contribution >= 0.6 is 0 Å². The predicted octanol–water partition coefficient (Wildman–Crippen LogP) is 3.94. The minimum atomic E-state index is 0.483. The Morgan fingerprint density at radius 2 is 1.91 bits per heavy atom. The van der Waals surface area contributed by atoms with Gasteiger partial charge in [-0.3, -0.25) is 0 Å². The van der Waals surface area contributed by atoms with Crippen LogP contribution in [0.5, 0.6) is 5.75 Å². The van der Waals surface area contributed by atoms with Gasteiger partial charge in [0.2, 0.25) is 0 Å². The highest BCUT2D eigenvalue weighted by Crippen LogP contribution is 2.20. The molecule has 0 saturated carbocycles. The Labute approximate surface area is 136 Å². The van der Waals surface area contributed by atoms with Crippen LogP contribution in [0.1, 0.15) is 24.7 Å². The second kappa shape index (κ2) is 6.97. The van der Waals surface area contributed by atoms with Gasteiger partial charge in [0, 0.05) is 13.0 Å². The summed E-state index contributed by atoms with van der Waals surface area (Å²) in [5.74, 6) is 1.87. The van der Waals surface area contributed by atoms with E-state index >= 15 is 0 Å². The summed E-state index contributed by atoms with van der Waals surface area (Å²) in [4.78, 5) is 4.74. The van der Waals surface area contributed by atoms with Crippen molar-refractivity contribution in [2.75, 3.05) is 6.61 Å². The molecule has 0 radical (unpaired) electrons. The number of nitriles is 1. The van der Waals surface area contributed by atoms with Crippen molar-refractivity contribution in [3.8, 4) is 11.8 Å². The molecule has 0 unspecified atom stereocenters. The molecule has 3 rings (SSSR count). The van der Waals surface area contributed by atoms with E-state index in [1.54, 1.807) is 0 Å². The minimum Gasteiger partial charge on any atom is -0.494 e. The topological polar surface area (TPSA) is 50.8 Å². The normalized spacial score (nSPS) is 10.6. The molecule has 0 aliphatic heterocycles. The summed E-state index contributed by atoms with van der Waals surface area (Å²) < 4.78 is 7.63. The van der Waals surface area contributed by atoms with Crippen LogP contribution in [0.2, 0.25) is 0 Å². The number of rotatable bonds is 6. The minimum absolute atomic E-state index is 0.483. The molecule has 0 aliphatic carbocycles. The van der Waals surface area contributed by atoms with Gasteiger partial charge >= 0.3 is 0 Å². The van der Waals surface area contributed by atoms with E-state index in [0.717, 1.165) is 29.0 Å². The van der Waals surface area contributed by atoms with Gasteiger partial charge in [-0.05, 0) is 36.8 Å². The summed E-state index contributed by atoms with van der Waals surface area (Å²) in [6.45, 7) is 3.32. The molecule has 0 amide bonds. The number of benzene rings is 2. The first kappa shape index (κ1) is 15.1. The van der Waals surface area contributed by atoms with Gasteiger partial charge < -0.3 is 9.30 Å². The fourth-order valence-electron chi connectivity index (χ4n) is 2.72.